The Hall–Kier alpha value is -0.460. The molecule has 0 aromatic carbocycles. The van der Waals surface area contributed by atoms with Crippen molar-refractivity contribution in [1.29, 1.82) is 0 Å². The molecule has 0 aliphatic carbocycles. The molecule has 0 saturated heterocycles. The second kappa shape index (κ2) is 5.31. The maximum Gasteiger partial charge on any atom is 0.211 e. The standard InChI is InChI=1S/C7H16N2O3S/c1-7(10)6-9(5-4-8-2)13(3,11)12/h8H,4-6H2,1-3H3. The van der Waals surface area contributed by atoms with Gasteiger partial charge in [0.05, 0.1) is 12.8 Å². The van der Waals surface area contributed by atoms with E-state index in [2.05, 4.69) is 5.32 Å². The number of carbonyl (C=O) groups excluding carboxylic acids is 1. The van der Waals surface area contributed by atoms with Crippen LogP contribution in [0, 0.1) is 0 Å². The zero-order chi connectivity index (χ0) is 10.5. The lowest BCUT2D eigenvalue weighted by Gasteiger charge is -2.17. The third kappa shape index (κ3) is 5.73. The number of ketones is 1. The molecule has 0 aliphatic heterocycles. The molecular weight excluding hydrogens is 192 g/mol. The van der Waals surface area contributed by atoms with Crippen molar-refractivity contribution in [2.75, 3.05) is 32.9 Å². The van der Waals surface area contributed by atoms with E-state index in [0.29, 0.717) is 13.1 Å². The first kappa shape index (κ1) is 12.5. The van der Waals surface area contributed by atoms with E-state index < -0.39 is 10.0 Å². The third-order valence-corrected chi connectivity index (χ3v) is 2.73. The summed E-state index contributed by atoms with van der Waals surface area (Å²) in [5.74, 6) is -0.151. The lowest BCUT2D eigenvalue weighted by Crippen LogP contribution is -2.38. The second-order valence-electron chi connectivity index (χ2n) is 2.90. The number of hydrogen-bond donors (Lipinski definition) is 1. The van der Waals surface area contributed by atoms with Gasteiger partial charge in [0.15, 0.2) is 0 Å². The number of rotatable bonds is 6. The normalized spacial score (nSPS) is 12.0. The molecule has 6 heteroatoms. The van der Waals surface area contributed by atoms with E-state index in [9.17, 15) is 13.2 Å². The van der Waals surface area contributed by atoms with E-state index in [-0.39, 0.29) is 12.3 Å². The SMILES string of the molecule is CNCCN(CC(C)=O)S(C)(=O)=O. The topological polar surface area (TPSA) is 66.5 Å². The van der Waals surface area contributed by atoms with Gasteiger partial charge in [-0.05, 0) is 14.0 Å². The van der Waals surface area contributed by atoms with Crippen LogP contribution in [0.4, 0.5) is 0 Å². The summed E-state index contributed by atoms with van der Waals surface area (Å²) >= 11 is 0. The molecule has 0 radical (unpaired) electrons. The summed E-state index contributed by atoms with van der Waals surface area (Å²) in [6.45, 7) is 2.20. The second-order valence-corrected chi connectivity index (χ2v) is 4.88. The lowest BCUT2D eigenvalue weighted by molar-refractivity contribution is -0.117. The summed E-state index contributed by atoms with van der Waals surface area (Å²) in [7, 11) is -1.53. The Bertz CT molecular complexity index is 261. The molecule has 0 aromatic rings. The van der Waals surface area contributed by atoms with Gasteiger partial charge in [0.25, 0.3) is 0 Å². The largest absolute Gasteiger partial charge is 0.318 e. The maximum atomic E-state index is 11.1. The summed E-state index contributed by atoms with van der Waals surface area (Å²) in [5.41, 5.74) is 0. The summed E-state index contributed by atoms with van der Waals surface area (Å²) < 4.78 is 23.4. The molecular formula is C7H16N2O3S. The van der Waals surface area contributed by atoms with Crippen molar-refractivity contribution in [2.24, 2.45) is 0 Å². The van der Waals surface area contributed by atoms with E-state index in [1.54, 1.807) is 7.05 Å². The Morgan fingerprint density at radius 3 is 2.31 bits per heavy atom. The predicted molar refractivity (Wildman–Crippen MR) is 51.0 cm³/mol. The van der Waals surface area contributed by atoms with E-state index in [1.807, 2.05) is 0 Å². The van der Waals surface area contributed by atoms with Crippen LogP contribution in [0.15, 0.2) is 0 Å². The summed E-state index contributed by atoms with van der Waals surface area (Å²) in [6, 6.07) is 0. The highest BCUT2D eigenvalue weighted by molar-refractivity contribution is 7.88. The highest BCUT2D eigenvalue weighted by Gasteiger charge is 2.16. The van der Waals surface area contributed by atoms with Gasteiger partial charge in [-0.2, -0.15) is 4.31 Å². The molecule has 0 bridgehead atoms. The molecule has 0 fully saturated rings. The molecule has 0 aromatic heterocycles. The summed E-state index contributed by atoms with van der Waals surface area (Å²) in [6.07, 6.45) is 1.10. The first-order valence-corrected chi connectivity index (χ1v) is 5.82. The molecule has 78 valence electrons. The van der Waals surface area contributed by atoms with E-state index in [0.717, 1.165) is 10.6 Å². The highest BCUT2D eigenvalue weighted by atomic mass is 32.2. The number of nitrogens with one attached hydrogen (secondary N) is 1. The third-order valence-electron chi connectivity index (χ3n) is 1.48. The van der Waals surface area contributed by atoms with Crippen LogP contribution >= 0.6 is 0 Å². The van der Waals surface area contributed by atoms with Crippen LogP contribution < -0.4 is 5.32 Å². The summed E-state index contributed by atoms with van der Waals surface area (Å²) in [4.78, 5) is 10.7. The zero-order valence-corrected chi connectivity index (χ0v) is 9.02. The van der Waals surface area contributed by atoms with Crippen molar-refractivity contribution >= 4 is 15.8 Å². The van der Waals surface area contributed by atoms with Crippen molar-refractivity contribution in [1.82, 2.24) is 9.62 Å². The molecule has 0 saturated carbocycles. The van der Waals surface area contributed by atoms with Crippen molar-refractivity contribution in [3.8, 4) is 0 Å². The molecule has 0 spiro atoms. The highest BCUT2D eigenvalue weighted by Crippen LogP contribution is 1.96. The van der Waals surface area contributed by atoms with Crippen LogP contribution in [0.5, 0.6) is 0 Å². The van der Waals surface area contributed by atoms with Crippen LogP contribution in [-0.4, -0.2) is 51.4 Å². The fraction of sp³-hybridized carbons (Fsp3) is 0.857. The van der Waals surface area contributed by atoms with E-state index in [4.69, 9.17) is 0 Å². The quantitative estimate of drug-likeness (QED) is 0.611. The van der Waals surface area contributed by atoms with Crippen LogP contribution in [-0.2, 0) is 14.8 Å². The van der Waals surface area contributed by atoms with E-state index >= 15 is 0 Å². The number of likely N-dealkylation sites (N-methyl/N-ethyl adjacent to an activating group) is 1. The number of Topliss-reactive ketones (excluding diaryl/α,β-unsaturated/α-hetero) is 1. The van der Waals surface area contributed by atoms with Gasteiger partial charge in [-0.3, -0.25) is 4.79 Å². The molecule has 0 heterocycles. The fourth-order valence-corrected chi connectivity index (χ4v) is 1.69. The smallest absolute Gasteiger partial charge is 0.211 e. The Kier molecular flexibility index (Phi) is 5.12. The Labute approximate surface area is 79.2 Å². The number of sulfonamides is 1. The van der Waals surface area contributed by atoms with Crippen LogP contribution in [0.25, 0.3) is 0 Å². The van der Waals surface area contributed by atoms with Crippen LogP contribution in [0.2, 0.25) is 0 Å². The average Bonchev–Trinajstić information content (AvgIpc) is 1.95. The average molecular weight is 208 g/mol. The minimum absolute atomic E-state index is 0.0412. The molecule has 1 N–H and O–H groups in total. The monoisotopic (exact) mass is 208 g/mol. The molecule has 0 rings (SSSR count). The van der Waals surface area contributed by atoms with Gasteiger partial charge in [0, 0.05) is 13.1 Å². The zero-order valence-electron chi connectivity index (χ0n) is 8.20. The Morgan fingerprint density at radius 2 is 2.00 bits per heavy atom. The minimum atomic E-state index is -3.26. The van der Waals surface area contributed by atoms with Gasteiger partial charge >= 0.3 is 0 Å². The van der Waals surface area contributed by atoms with Crippen molar-refractivity contribution in [3.63, 3.8) is 0 Å². The van der Waals surface area contributed by atoms with Crippen molar-refractivity contribution in [3.05, 3.63) is 0 Å². The molecule has 0 aliphatic rings. The molecule has 0 atom stereocenters. The van der Waals surface area contributed by atoms with Gasteiger partial charge in [0.1, 0.15) is 5.78 Å². The van der Waals surface area contributed by atoms with Crippen molar-refractivity contribution in [2.45, 2.75) is 6.92 Å². The van der Waals surface area contributed by atoms with Crippen LogP contribution in [0.1, 0.15) is 6.92 Å². The maximum absolute atomic E-state index is 11.1. The first-order chi connectivity index (χ1) is 5.88. The molecule has 5 nitrogen and oxygen atoms in total. The number of hydrogen-bond acceptors (Lipinski definition) is 4. The Balaban J connectivity index is 4.29. The van der Waals surface area contributed by atoms with E-state index in [1.165, 1.54) is 6.92 Å². The predicted octanol–water partition coefficient (Wildman–Crippen LogP) is -0.944. The first-order valence-electron chi connectivity index (χ1n) is 3.97. The Morgan fingerprint density at radius 1 is 1.46 bits per heavy atom. The number of carbonyl (C=O) groups is 1. The molecule has 0 amide bonds. The van der Waals surface area contributed by atoms with Gasteiger partial charge < -0.3 is 5.32 Å². The minimum Gasteiger partial charge on any atom is -0.318 e. The fourth-order valence-electron chi connectivity index (χ4n) is 0.847. The van der Waals surface area contributed by atoms with Crippen molar-refractivity contribution < 1.29 is 13.2 Å². The summed E-state index contributed by atoms with van der Waals surface area (Å²) in [5, 5.41) is 2.83. The lowest BCUT2D eigenvalue weighted by atomic mass is 10.4. The van der Waals surface area contributed by atoms with Gasteiger partial charge in [-0.25, -0.2) is 8.42 Å². The van der Waals surface area contributed by atoms with Gasteiger partial charge in [-0.1, -0.05) is 0 Å². The molecule has 13 heavy (non-hydrogen) atoms. The van der Waals surface area contributed by atoms with Crippen LogP contribution in [0.3, 0.4) is 0 Å². The molecule has 0 unspecified atom stereocenters. The number of nitrogens with zero attached hydrogens (tertiary/aromatic N) is 1. The van der Waals surface area contributed by atoms with Gasteiger partial charge in [0.2, 0.25) is 10.0 Å². The van der Waals surface area contributed by atoms with Gasteiger partial charge in [-0.15, -0.1) is 0 Å².